The van der Waals surface area contributed by atoms with Crippen LogP contribution < -0.4 is 0 Å². The molecule has 1 aliphatic rings. The molecule has 1 N–H and O–H groups in total. The Balaban J connectivity index is 2.86. The summed E-state index contributed by atoms with van der Waals surface area (Å²) < 4.78 is 36.5. The van der Waals surface area contributed by atoms with Gasteiger partial charge in [-0.2, -0.15) is 13.2 Å². The largest absolute Gasteiger partial charge is 0.504 e. The lowest BCUT2D eigenvalue weighted by molar-refractivity contribution is -0.186. The van der Waals surface area contributed by atoms with Crippen LogP contribution in [0.2, 0.25) is 0 Å². The maximum absolute atomic E-state index is 12.2. The van der Waals surface area contributed by atoms with Crippen molar-refractivity contribution in [2.24, 2.45) is 0 Å². The van der Waals surface area contributed by atoms with E-state index in [2.05, 4.69) is 4.98 Å². The Morgan fingerprint density at radius 2 is 2.19 bits per heavy atom. The number of carbonyl (C=O) groups excluding carboxylic acids is 1. The fourth-order valence-corrected chi connectivity index (χ4v) is 1.63. The molecule has 1 saturated heterocycles. The minimum absolute atomic E-state index is 0.0770. The molecular weight excluding hydrogens is 227 g/mol. The maximum atomic E-state index is 12.2. The van der Waals surface area contributed by atoms with Crippen LogP contribution in [-0.2, 0) is 4.79 Å². The van der Waals surface area contributed by atoms with Gasteiger partial charge in [-0.1, -0.05) is 0 Å². The average Bonchev–Trinajstić information content (AvgIpc) is 2.63. The Hall–Kier alpha value is -1.78. The summed E-state index contributed by atoms with van der Waals surface area (Å²) in [6.45, 7) is -0.0770. The first kappa shape index (κ1) is 12.3. The van der Waals surface area contributed by atoms with E-state index >= 15 is 0 Å². The number of nitrogens with zero attached hydrogens (tertiary/aromatic N) is 3. The van der Waals surface area contributed by atoms with Crippen molar-refractivity contribution in [3.05, 3.63) is 16.9 Å². The van der Waals surface area contributed by atoms with Gasteiger partial charge in [0.1, 0.15) is 0 Å². The van der Waals surface area contributed by atoms with Crippen molar-refractivity contribution in [2.75, 3.05) is 6.54 Å². The predicted molar refractivity (Wildman–Crippen MR) is 46.6 cm³/mol. The molecule has 5 nitrogen and oxygen atoms in total. The van der Waals surface area contributed by atoms with Gasteiger partial charge in [0.2, 0.25) is 11.2 Å². The molecule has 1 amide bonds. The van der Waals surface area contributed by atoms with Crippen LogP contribution in [-0.4, -0.2) is 34.7 Å². The number of diazo groups is 1. The van der Waals surface area contributed by atoms with Crippen LogP contribution in [0.25, 0.3) is 4.98 Å². The number of halogens is 3. The zero-order valence-electron chi connectivity index (χ0n) is 8.11. The van der Waals surface area contributed by atoms with E-state index in [0.29, 0.717) is 17.5 Å². The molecule has 0 radical (unpaired) electrons. The van der Waals surface area contributed by atoms with E-state index < -0.39 is 23.9 Å². The van der Waals surface area contributed by atoms with Crippen molar-refractivity contribution in [2.45, 2.75) is 25.1 Å². The van der Waals surface area contributed by atoms with E-state index in [-0.39, 0.29) is 13.0 Å². The van der Waals surface area contributed by atoms with Gasteiger partial charge in [0, 0.05) is 6.54 Å². The van der Waals surface area contributed by atoms with Crippen molar-refractivity contribution in [1.29, 1.82) is 5.39 Å². The summed E-state index contributed by atoms with van der Waals surface area (Å²) in [5.74, 6) is -2.55. The van der Waals surface area contributed by atoms with Crippen molar-refractivity contribution in [3.8, 4) is 0 Å². The summed E-state index contributed by atoms with van der Waals surface area (Å²) in [5.41, 5.74) is 0. The third-order valence-electron chi connectivity index (χ3n) is 2.29. The van der Waals surface area contributed by atoms with Crippen LogP contribution >= 0.6 is 0 Å². The Morgan fingerprint density at radius 3 is 2.69 bits per heavy atom. The molecule has 0 aromatic rings. The summed E-state index contributed by atoms with van der Waals surface area (Å²) in [6, 6.07) is -1.06. The van der Waals surface area contributed by atoms with Crippen molar-refractivity contribution in [1.82, 2.24) is 4.90 Å². The molecule has 8 heteroatoms. The number of aliphatic hydroxyl groups is 1. The number of hydrogen-bond donors (Lipinski definition) is 1. The third kappa shape index (κ3) is 2.42. The summed E-state index contributed by atoms with van der Waals surface area (Å²) in [7, 11) is 0. The van der Waals surface area contributed by atoms with Gasteiger partial charge in [0.15, 0.2) is 4.98 Å². The number of aliphatic hydroxyl groups excluding tert-OH is 1. The molecule has 0 aliphatic carbocycles. The van der Waals surface area contributed by atoms with Crippen LogP contribution in [0.3, 0.4) is 0 Å². The molecule has 88 valence electrons. The quantitative estimate of drug-likeness (QED) is 0.557. The number of likely N-dealkylation sites (tertiary alicyclic amines) is 1. The highest BCUT2D eigenvalue weighted by atomic mass is 19.4. The van der Waals surface area contributed by atoms with E-state index in [9.17, 15) is 23.1 Å². The Morgan fingerprint density at radius 1 is 1.56 bits per heavy atom. The van der Waals surface area contributed by atoms with E-state index in [1.54, 1.807) is 0 Å². The van der Waals surface area contributed by atoms with Gasteiger partial charge >= 0.3 is 18.3 Å². The van der Waals surface area contributed by atoms with Crippen LogP contribution in [0.1, 0.15) is 12.8 Å². The molecule has 1 aliphatic heterocycles. The summed E-state index contributed by atoms with van der Waals surface area (Å²) in [4.78, 5) is 14.0. The molecule has 0 saturated carbocycles. The van der Waals surface area contributed by atoms with Crippen molar-refractivity contribution >= 4 is 5.91 Å². The number of carbonyl (C=O) groups is 1. The van der Waals surface area contributed by atoms with E-state index in [4.69, 9.17) is 5.39 Å². The number of hydrogen-bond acceptors (Lipinski definition) is 3. The number of rotatable bonds is 1. The Kier molecular flexibility index (Phi) is 3.37. The average molecular weight is 236 g/mol. The first-order valence-electron chi connectivity index (χ1n) is 4.49. The van der Waals surface area contributed by atoms with Crippen LogP contribution in [0, 0.1) is 5.39 Å². The fourth-order valence-electron chi connectivity index (χ4n) is 1.63. The van der Waals surface area contributed by atoms with Crippen molar-refractivity contribution in [3.63, 3.8) is 0 Å². The molecule has 1 fully saturated rings. The molecule has 0 aromatic heterocycles. The zero-order chi connectivity index (χ0) is 12.3. The fraction of sp³-hybridized carbons (Fsp3) is 0.625. The molecule has 1 heterocycles. The van der Waals surface area contributed by atoms with Gasteiger partial charge < -0.3 is 10.0 Å². The van der Waals surface area contributed by atoms with Crippen molar-refractivity contribution < 1.29 is 23.1 Å². The monoisotopic (exact) mass is 236 g/mol. The molecule has 0 unspecified atom stereocenters. The second-order valence-corrected chi connectivity index (χ2v) is 3.32. The van der Waals surface area contributed by atoms with Crippen LogP contribution in [0.4, 0.5) is 13.2 Å². The van der Waals surface area contributed by atoms with E-state index in [1.807, 2.05) is 0 Å². The molecule has 0 bridgehead atoms. The minimum Gasteiger partial charge on any atom is -0.504 e. The number of amides is 1. The highest BCUT2D eigenvalue weighted by Crippen LogP contribution is 2.28. The highest BCUT2D eigenvalue weighted by molar-refractivity contribution is 5.82. The third-order valence-corrected chi connectivity index (χ3v) is 2.29. The lowest BCUT2D eigenvalue weighted by Crippen LogP contribution is -2.44. The molecule has 1 atom stereocenters. The van der Waals surface area contributed by atoms with Crippen LogP contribution in [0.15, 0.2) is 12.0 Å². The topological polar surface area (TPSA) is 68.7 Å². The first-order chi connectivity index (χ1) is 7.38. The van der Waals surface area contributed by atoms with Crippen LogP contribution in [0.5, 0.6) is 0 Å². The van der Waals surface area contributed by atoms with Gasteiger partial charge in [-0.15, -0.1) is 0 Å². The SMILES string of the molecule is N#[N+]/C=C(\O)[C@@H]1CCCN1C(=O)C(F)(F)F. The zero-order valence-corrected chi connectivity index (χ0v) is 8.11. The highest BCUT2D eigenvalue weighted by Gasteiger charge is 2.47. The maximum Gasteiger partial charge on any atom is 0.471 e. The number of alkyl halides is 3. The van der Waals surface area contributed by atoms with E-state index in [0.717, 1.165) is 0 Å². The van der Waals surface area contributed by atoms with Gasteiger partial charge in [-0.25, -0.2) is 0 Å². The second kappa shape index (κ2) is 4.38. The van der Waals surface area contributed by atoms with E-state index in [1.165, 1.54) is 0 Å². The predicted octanol–water partition coefficient (Wildman–Crippen LogP) is 1.79. The Labute approximate surface area is 88.8 Å². The van der Waals surface area contributed by atoms with Gasteiger partial charge in [0.05, 0.1) is 6.04 Å². The molecule has 1 rings (SSSR count). The standard InChI is InChI=1S/C8H8F3N3O2/c9-8(10,11)7(16)14-3-1-2-5(14)6(15)4-13-12/h4-5H,1-3H2/p+1/b6-4-/t5-/m0/s1. The lowest BCUT2D eigenvalue weighted by Gasteiger charge is -2.23. The molecule has 16 heavy (non-hydrogen) atoms. The second-order valence-electron chi connectivity index (χ2n) is 3.32. The van der Waals surface area contributed by atoms with Gasteiger partial charge in [-0.05, 0) is 12.8 Å². The minimum atomic E-state index is -4.96. The first-order valence-corrected chi connectivity index (χ1v) is 4.49. The van der Waals surface area contributed by atoms with Gasteiger partial charge in [-0.3, -0.25) is 4.79 Å². The lowest BCUT2D eigenvalue weighted by atomic mass is 10.2. The summed E-state index contributed by atoms with van der Waals surface area (Å²) in [6.07, 6.45) is -3.78. The smallest absolute Gasteiger partial charge is 0.471 e. The molecular formula is C8H9F3N3O2+. The normalized spacial score (nSPS) is 22.0. The Bertz CT molecular complexity index is 359. The molecule has 0 aromatic carbocycles. The summed E-state index contributed by atoms with van der Waals surface area (Å²) >= 11 is 0. The summed E-state index contributed by atoms with van der Waals surface area (Å²) in [5, 5.41) is 17.4. The van der Waals surface area contributed by atoms with Gasteiger partial charge in [0.25, 0.3) is 0 Å². The molecule has 0 spiro atoms.